The molecule has 0 atom stereocenters. The average molecular weight is 534 g/mol. The minimum Gasteiger partial charge on any atom is -0.491 e. The van der Waals surface area contributed by atoms with Crippen LogP contribution in [0.3, 0.4) is 0 Å². The van der Waals surface area contributed by atoms with Crippen LogP contribution in [0.2, 0.25) is 0 Å². The fourth-order valence-electron chi connectivity index (χ4n) is 3.18. The van der Waals surface area contributed by atoms with E-state index in [1.807, 2.05) is 37.4 Å². The Kier molecular flexibility index (Phi) is 10.5. The predicted molar refractivity (Wildman–Crippen MR) is 137 cm³/mol. The first kappa shape index (κ1) is 24.9. The fourth-order valence-corrected chi connectivity index (χ4v) is 3.18. The smallest absolute Gasteiger partial charge is 0.191 e. The van der Waals surface area contributed by atoms with Crippen molar-refractivity contribution in [2.75, 3.05) is 26.9 Å². The summed E-state index contributed by atoms with van der Waals surface area (Å²) in [5.41, 5.74) is 4.42. The van der Waals surface area contributed by atoms with Crippen LogP contribution in [-0.2, 0) is 17.8 Å². The Balaban J connectivity index is 0.00000341. The van der Waals surface area contributed by atoms with E-state index in [4.69, 9.17) is 9.47 Å². The van der Waals surface area contributed by atoms with Crippen LogP contribution in [0.25, 0.3) is 10.9 Å². The summed E-state index contributed by atoms with van der Waals surface area (Å²) >= 11 is 0. The maximum atomic E-state index is 5.93. The number of nitrogens with one attached hydrogen (secondary N) is 2. The number of fused-ring (bicyclic) bond motifs is 1. The first-order valence-electron chi connectivity index (χ1n) is 10.3. The maximum Gasteiger partial charge on any atom is 0.191 e. The lowest BCUT2D eigenvalue weighted by Gasteiger charge is -2.16. The lowest BCUT2D eigenvalue weighted by molar-refractivity contribution is 0.110. The fraction of sp³-hybridized carbons (Fsp3) is 0.333. The number of guanidine groups is 1. The Labute approximate surface area is 201 Å². The molecule has 0 bridgehead atoms. The molecule has 0 saturated heterocycles. The highest BCUT2D eigenvalue weighted by molar-refractivity contribution is 14.0. The van der Waals surface area contributed by atoms with Gasteiger partial charge in [-0.15, -0.1) is 24.0 Å². The Bertz CT molecular complexity index is 989. The van der Waals surface area contributed by atoms with E-state index in [1.165, 1.54) is 5.56 Å². The van der Waals surface area contributed by atoms with Crippen LogP contribution in [0.4, 0.5) is 0 Å². The summed E-state index contributed by atoms with van der Waals surface area (Å²) in [6, 6.07) is 16.4. The van der Waals surface area contributed by atoms with Crippen molar-refractivity contribution in [3.05, 3.63) is 71.4 Å². The summed E-state index contributed by atoms with van der Waals surface area (Å²) in [6.45, 7) is 7.13. The Morgan fingerprint density at radius 2 is 1.77 bits per heavy atom. The second-order valence-electron chi connectivity index (χ2n) is 6.92. The first-order valence-corrected chi connectivity index (χ1v) is 10.3. The van der Waals surface area contributed by atoms with E-state index in [-0.39, 0.29) is 24.0 Å². The molecule has 0 aliphatic heterocycles. The molecule has 0 unspecified atom stereocenters. The molecule has 1 aromatic heterocycles. The first-order chi connectivity index (χ1) is 14.7. The third kappa shape index (κ3) is 7.36. The van der Waals surface area contributed by atoms with Gasteiger partial charge in [-0.3, -0.25) is 9.98 Å². The van der Waals surface area contributed by atoms with E-state index in [1.54, 1.807) is 7.05 Å². The molecule has 2 N–H and O–H groups in total. The normalized spacial score (nSPS) is 11.1. The maximum absolute atomic E-state index is 5.93. The summed E-state index contributed by atoms with van der Waals surface area (Å²) < 4.78 is 11.3. The van der Waals surface area contributed by atoms with Gasteiger partial charge in [-0.2, -0.15) is 0 Å². The van der Waals surface area contributed by atoms with Crippen LogP contribution < -0.4 is 15.4 Å². The van der Waals surface area contributed by atoms with Crippen molar-refractivity contribution >= 4 is 40.8 Å². The zero-order chi connectivity index (χ0) is 21.2. The molecule has 0 saturated carbocycles. The van der Waals surface area contributed by atoms with Gasteiger partial charge < -0.3 is 20.1 Å². The van der Waals surface area contributed by atoms with E-state index in [0.717, 1.165) is 33.7 Å². The molecule has 0 aliphatic rings. The largest absolute Gasteiger partial charge is 0.491 e. The highest BCUT2D eigenvalue weighted by atomic mass is 127. The number of para-hydroxylation sites is 1. The summed E-state index contributed by atoms with van der Waals surface area (Å²) in [4.78, 5) is 8.77. The van der Waals surface area contributed by atoms with Crippen molar-refractivity contribution in [3.8, 4) is 5.75 Å². The van der Waals surface area contributed by atoms with Crippen molar-refractivity contribution < 1.29 is 9.47 Å². The molecule has 1 heterocycles. The van der Waals surface area contributed by atoms with Crippen molar-refractivity contribution in [2.45, 2.75) is 26.9 Å². The molecule has 3 aromatic rings. The van der Waals surface area contributed by atoms with E-state index >= 15 is 0 Å². The standard InChI is InChI=1S/C24H30N4O2.HI/c1-4-29-13-14-30-23-15-18(2)9-10-20(23)17-28-24(25-3)27-16-19-11-12-26-22-8-6-5-7-21(19)22;/h5-12,15H,4,13-14,16-17H2,1-3H3,(H2,25,27,28);1H. The van der Waals surface area contributed by atoms with Crippen LogP contribution >= 0.6 is 24.0 Å². The van der Waals surface area contributed by atoms with Gasteiger partial charge in [0.15, 0.2) is 5.96 Å². The molecule has 0 amide bonds. The number of ether oxygens (including phenoxy) is 2. The molecule has 2 aromatic carbocycles. The quantitative estimate of drug-likeness (QED) is 0.184. The predicted octanol–water partition coefficient (Wildman–Crippen LogP) is 4.44. The molecule has 31 heavy (non-hydrogen) atoms. The molecule has 7 heteroatoms. The summed E-state index contributed by atoms with van der Waals surface area (Å²) in [5, 5.41) is 7.91. The summed E-state index contributed by atoms with van der Waals surface area (Å²) in [5.74, 6) is 1.61. The number of benzene rings is 2. The minimum absolute atomic E-state index is 0. The second-order valence-corrected chi connectivity index (χ2v) is 6.92. The van der Waals surface area contributed by atoms with Gasteiger partial charge >= 0.3 is 0 Å². The minimum atomic E-state index is 0. The number of pyridine rings is 1. The number of rotatable bonds is 9. The lowest BCUT2D eigenvalue weighted by Crippen LogP contribution is -2.36. The molecular weight excluding hydrogens is 503 g/mol. The molecule has 166 valence electrons. The molecule has 0 spiro atoms. The van der Waals surface area contributed by atoms with Crippen LogP contribution in [0, 0.1) is 6.92 Å². The molecule has 0 radical (unpaired) electrons. The number of nitrogens with zero attached hydrogens (tertiary/aromatic N) is 2. The number of hydrogen-bond donors (Lipinski definition) is 2. The Morgan fingerprint density at radius 1 is 1.00 bits per heavy atom. The monoisotopic (exact) mass is 534 g/mol. The Morgan fingerprint density at radius 3 is 2.55 bits per heavy atom. The van der Waals surface area contributed by atoms with Crippen LogP contribution in [0.15, 0.2) is 59.7 Å². The number of halogens is 1. The second kappa shape index (κ2) is 13.1. The third-order valence-electron chi connectivity index (χ3n) is 4.77. The summed E-state index contributed by atoms with van der Waals surface area (Å²) in [7, 11) is 1.77. The molecule has 6 nitrogen and oxygen atoms in total. The Hall–Kier alpha value is -2.39. The topological polar surface area (TPSA) is 67.8 Å². The van der Waals surface area contributed by atoms with Crippen molar-refractivity contribution in [3.63, 3.8) is 0 Å². The molecular formula is C24H31IN4O2. The van der Waals surface area contributed by atoms with E-state index < -0.39 is 0 Å². The number of aromatic nitrogens is 1. The van der Waals surface area contributed by atoms with Gasteiger partial charge in [-0.05, 0) is 43.2 Å². The van der Waals surface area contributed by atoms with Gasteiger partial charge in [0.05, 0.1) is 12.1 Å². The zero-order valence-electron chi connectivity index (χ0n) is 18.4. The van der Waals surface area contributed by atoms with Crippen LogP contribution in [0.5, 0.6) is 5.75 Å². The average Bonchev–Trinajstić information content (AvgIpc) is 2.78. The number of aliphatic imine (C=N–C) groups is 1. The van der Waals surface area contributed by atoms with E-state index in [9.17, 15) is 0 Å². The molecule has 3 rings (SSSR count). The SMILES string of the molecule is CCOCCOc1cc(C)ccc1CNC(=NC)NCc1ccnc2ccccc12.I. The van der Waals surface area contributed by atoms with Gasteiger partial charge in [-0.1, -0.05) is 30.3 Å². The lowest BCUT2D eigenvalue weighted by atomic mass is 10.1. The number of aryl methyl sites for hydroxylation is 1. The highest BCUT2D eigenvalue weighted by Crippen LogP contribution is 2.20. The van der Waals surface area contributed by atoms with Crippen molar-refractivity contribution in [1.82, 2.24) is 15.6 Å². The van der Waals surface area contributed by atoms with Crippen LogP contribution in [0.1, 0.15) is 23.6 Å². The molecule has 0 fully saturated rings. The van der Waals surface area contributed by atoms with Crippen molar-refractivity contribution in [2.24, 2.45) is 4.99 Å². The van der Waals surface area contributed by atoms with Gasteiger partial charge in [-0.25, -0.2) is 0 Å². The summed E-state index contributed by atoms with van der Waals surface area (Å²) in [6.07, 6.45) is 1.84. The highest BCUT2D eigenvalue weighted by Gasteiger charge is 2.07. The van der Waals surface area contributed by atoms with E-state index in [0.29, 0.717) is 32.9 Å². The molecule has 0 aliphatic carbocycles. The van der Waals surface area contributed by atoms with Gasteiger partial charge in [0, 0.05) is 43.9 Å². The van der Waals surface area contributed by atoms with Crippen LogP contribution in [-0.4, -0.2) is 37.8 Å². The third-order valence-corrected chi connectivity index (χ3v) is 4.77. The van der Waals surface area contributed by atoms with E-state index in [2.05, 4.69) is 51.8 Å². The number of hydrogen-bond acceptors (Lipinski definition) is 4. The van der Waals surface area contributed by atoms with Gasteiger partial charge in [0.25, 0.3) is 0 Å². The zero-order valence-corrected chi connectivity index (χ0v) is 20.7. The van der Waals surface area contributed by atoms with Crippen molar-refractivity contribution in [1.29, 1.82) is 0 Å². The van der Waals surface area contributed by atoms with Gasteiger partial charge in [0.2, 0.25) is 0 Å². The van der Waals surface area contributed by atoms with Gasteiger partial charge in [0.1, 0.15) is 12.4 Å².